The second-order valence-electron chi connectivity index (χ2n) is 8.24. The molecule has 1 saturated heterocycles. The van der Waals surface area contributed by atoms with Gasteiger partial charge in [0.25, 0.3) is 11.8 Å². The molecule has 3 aromatic rings. The van der Waals surface area contributed by atoms with Crippen LogP contribution in [-0.4, -0.2) is 43.0 Å². The molecule has 0 aliphatic carbocycles. The molecule has 3 aromatic carbocycles. The molecular formula is C28H30N2O4. The Kier molecular flexibility index (Phi) is 8.17. The first-order valence-electron chi connectivity index (χ1n) is 11.8. The van der Waals surface area contributed by atoms with Crippen LogP contribution in [-0.2, 0) is 0 Å². The van der Waals surface area contributed by atoms with Gasteiger partial charge in [0.15, 0.2) is 0 Å². The van der Waals surface area contributed by atoms with Crippen LogP contribution in [0.3, 0.4) is 0 Å². The third-order valence-corrected chi connectivity index (χ3v) is 5.77. The van der Waals surface area contributed by atoms with Gasteiger partial charge in [0, 0.05) is 24.3 Å². The molecule has 0 unspecified atom stereocenters. The van der Waals surface area contributed by atoms with Crippen molar-refractivity contribution >= 4 is 17.5 Å². The van der Waals surface area contributed by atoms with E-state index < -0.39 is 0 Å². The van der Waals surface area contributed by atoms with Crippen LogP contribution >= 0.6 is 0 Å². The number of anilines is 1. The molecule has 6 heteroatoms. The number of carbonyl (C=O) groups is 2. The zero-order valence-corrected chi connectivity index (χ0v) is 19.2. The van der Waals surface area contributed by atoms with Crippen LogP contribution in [0.4, 0.5) is 5.69 Å². The highest BCUT2D eigenvalue weighted by atomic mass is 16.5. The predicted octanol–water partition coefficient (Wildman–Crippen LogP) is 5.41. The highest BCUT2D eigenvalue weighted by molar-refractivity contribution is 6.06. The number of ether oxygens (including phenoxy) is 2. The van der Waals surface area contributed by atoms with E-state index in [9.17, 15) is 9.59 Å². The number of nitrogens with one attached hydrogen (secondary N) is 1. The minimum absolute atomic E-state index is 0.0521. The lowest BCUT2D eigenvalue weighted by atomic mass is 10.1. The van der Waals surface area contributed by atoms with Gasteiger partial charge in [0.05, 0.1) is 5.56 Å². The Bertz CT molecular complexity index is 1080. The first kappa shape index (κ1) is 23.4. The number of hydrogen-bond acceptors (Lipinski definition) is 4. The van der Waals surface area contributed by atoms with Gasteiger partial charge in [-0.05, 0) is 61.4 Å². The van der Waals surface area contributed by atoms with Crippen molar-refractivity contribution in [1.82, 2.24) is 4.90 Å². The largest absolute Gasteiger partial charge is 0.490 e. The van der Waals surface area contributed by atoms with Gasteiger partial charge in [-0.3, -0.25) is 9.59 Å². The van der Waals surface area contributed by atoms with E-state index in [2.05, 4.69) is 5.32 Å². The van der Waals surface area contributed by atoms with Gasteiger partial charge in [-0.1, -0.05) is 43.2 Å². The second kappa shape index (κ2) is 11.9. The van der Waals surface area contributed by atoms with Crippen molar-refractivity contribution in [2.45, 2.75) is 25.7 Å². The lowest BCUT2D eigenvalue weighted by Gasteiger charge is -2.20. The van der Waals surface area contributed by atoms with E-state index in [1.54, 1.807) is 42.5 Å². The third kappa shape index (κ3) is 6.38. The minimum Gasteiger partial charge on any atom is -0.490 e. The van der Waals surface area contributed by atoms with E-state index in [4.69, 9.17) is 9.47 Å². The standard InChI is InChI=1S/C28H30N2O4/c31-27(25-12-6-7-13-26(25)34-21-20-33-24-10-4-3-5-11-24)29-23-16-14-22(15-17-23)28(32)30-18-8-1-2-9-19-30/h3-7,10-17H,1-2,8-9,18-21H2,(H,29,31). The molecule has 0 bridgehead atoms. The van der Waals surface area contributed by atoms with E-state index in [1.165, 1.54) is 12.8 Å². The van der Waals surface area contributed by atoms with E-state index >= 15 is 0 Å². The number of hydrogen-bond donors (Lipinski definition) is 1. The maximum absolute atomic E-state index is 12.9. The van der Waals surface area contributed by atoms with Crippen LogP contribution < -0.4 is 14.8 Å². The summed E-state index contributed by atoms with van der Waals surface area (Å²) < 4.78 is 11.5. The summed E-state index contributed by atoms with van der Waals surface area (Å²) in [6, 6.07) is 23.7. The van der Waals surface area contributed by atoms with Crippen LogP contribution in [0.1, 0.15) is 46.4 Å². The normalized spacial score (nSPS) is 13.6. The van der Waals surface area contributed by atoms with Gasteiger partial charge in [0.2, 0.25) is 0 Å². The number of likely N-dealkylation sites (tertiary alicyclic amines) is 1. The smallest absolute Gasteiger partial charge is 0.259 e. The Morgan fingerprint density at radius 1 is 0.735 bits per heavy atom. The number of rotatable bonds is 8. The molecule has 1 heterocycles. The SMILES string of the molecule is O=C(Nc1ccc(C(=O)N2CCCCCC2)cc1)c1ccccc1OCCOc1ccccc1. The number of carbonyl (C=O) groups excluding carboxylic acids is 2. The van der Waals surface area contributed by atoms with E-state index in [0.717, 1.165) is 31.7 Å². The summed E-state index contributed by atoms with van der Waals surface area (Å²) in [5, 5.41) is 2.90. The minimum atomic E-state index is -0.272. The van der Waals surface area contributed by atoms with Gasteiger partial charge >= 0.3 is 0 Å². The zero-order valence-electron chi connectivity index (χ0n) is 19.2. The summed E-state index contributed by atoms with van der Waals surface area (Å²) in [5.74, 6) is 1.04. The Balaban J connectivity index is 1.33. The van der Waals surface area contributed by atoms with E-state index in [-0.39, 0.29) is 11.8 Å². The maximum atomic E-state index is 12.9. The average Bonchev–Trinajstić information content (AvgIpc) is 3.17. The Labute approximate surface area is 200 Å². The van der Waals surface area contributed by atoms with Crippen molar-refractivity contribution in [3.8, 4) is 11.5 Å². The lowest BCUT2D eigenvalue weighted by molar-refractivity contribution is 0.0761. The highest BCUT2D eigenvalue weighted by Crippen LogP contribution is 2.21. The topological polar surface area (TPSA) is 67.9 Å². The van der Waals surface area contributed by atoms with Crippen molar-refractivity contribution < 1.29 is 19.1 Å². The van der Waals surface area contributed by atoms with Gasteiger partial charge in [-0.2, -0.15) is 0 Å². The van der Waals surface area contributed by atoms with Crippen LogP contribution in [0, 0.1) is 0 Å². The molecule has 1 fully saturated rings. The lowest BCUT2D eigenvalue weighted by Crippen LogP contribution is -2.31. The first-order chi connectivity index (χ1) is 16.7. The zero-order chi connectivity index (χ0) is 23.6. The van der Waals surface area contributed by atoms with Crippen LogP contribution in [0.25, 0.3) is 0 Å². The molecule has 34 heavy (non-hydrogen) atoms. The highest BCUT2D eigenvalue weighted by Gasteiger charge is 2.18. The van der Waals surface area contributed by atoms with Gasteiger partial charge in [-0.15, -0.1) is 0 Å². The van der Waals surface area contributed by atoms with Crippen molar-refractivity contribution in [3.05, 3.63) is 90.0 Å². The molecule has 2 amide bonds. The van der Waals surface area contributed by atoms with E-state index in [1.807, 2.05) is 41.3 Å². The Hall–Kier alpha value is -3.80. The summed E-state index contributed by atoms with van der Waals surface area (Å²) in [7, 11) is 0. The van der Waals surface area contributed by atoms with Crippen molar-refractivity contribution in [2.75, 3.05) is 31.6 Å². The van der Waals surface area contributed by atoms with Gasteiger partial charge < -0.3 is 19.7 Å². The van der Waals surface area contributed by atoms with Gasteiger partial charge in [0.1, 0.15) is 24.7 Å². The van der Waals surface area contributed by atoms with Crippen molar-refractivity contribution in [3.63, 3.8) is 0 Å². The van der Waals surface area contributed by atoms with Crippen molar-refractivity contribution in [2.24, 2.45) is 0 Å². The van der Waals surface area contributed by atoms with Crippen LogP contribution in [0.5, 0.6) is 11.5 Å². The fourth-order valence-corrected chi connectivity index (χ4v) is 3.96. The molecule has 1 aliphatic heterocycles. The molecule has 6 nitrogen and oxygen atoms in total. The summed E-state index contributed by atoms with van der Waals surface area (Å²) in [6.45, 7) is 2.30. The molecular weight excluding hydrogens is 428 g/mol. The molecule has 176 valence electrons. The van der Waals surface area contributed by atoms with E-state index in [0.29, 0.717) is 35.8 Å². The first-order valence-corrected chi connectivity index (χ1v) is 11.8. The molecule has 4 rings (SSSR count). The van der Waals surface area contributed by atoms with Gasteiger partial charge in [-0.25, -0.2) is 0 Å². The maximum Gasteiger partial charge on any atom is 0.259 e. The fraction of sp³-hybridized carbons (Fsp3) is 0.286. The molecule has 1 aliphatic rings. The summed E-state index contributed by atoms with van der Waals surface area (Å²) in [4.78, 5) is 27.6. The monoisotopic (exact) mass is 458 g/mol. The Morgan fingerprint density at radius 3 is 2.12 bits per heavy atom. The molecule has 0 atom stereocenters. The molecule has 1 N–H and O–H groups in total. The van der Waals surface area contributed by atoms with Crippen LogP contribution in [0.15, 0.2) is 78.9 Å². The second-order valence-corrected chi connectivity index (χ2v) is 8.24. The molecule has 0 spiro atoms. The number of nitrogens with zero attached hydrogens (tertiary/aromatic N) is 1. The van der Waals surface area contributed by atoms with Crippen LogP contribution in [0.2, 0.25) is 0 Å². The number of amides is 2. The molecule has 0 aromatic heterocycles. The predicted molar refractivity (Wildman–Crippen MR) is 133 cm³/mol. The summed E-state index contributed by atoms with van der Waals surface area (Å²) >= 11 is 0. The number of benzene rings is 3. The summed E-state index contributed by atoms with van der Waals surface area (Å²) in [5.41, 5.74) is 1.70. The molecule has 0 saturated carbocycles. The third-order valence-electron chi connectivity index (χ3n) is 5.77. The Morgan fingerprint density at radius 2 is 1.38 bits per heavy atom. The quantitative estimate of drug-likeness (QED) is 0.458. The fourth-order valence-electron chi connectivity index (χ4n) is 3.96. The molecule has 0 radical (unpaired) electrons. The number of para-hydroxylation sites is 2. The summed E-state index contributed by atoms with van der Waals surface area (Å²) in [6.07, 6.45) is 4.47. The average molecular weight is 459 g/mol. The van der Waals surface area contributed by atoms with Crippen molar-refractivity contribution in [1.29, 1.82) is 0 Å².